The molecule has 0 amide bonds. The smallest absolute Gasteiger partial charge is 0.462 e. The minimum atomic E-state index is -4.96. The van der Waals surface area contributed by atoms with Gasteiger partial charge in [0.1, 0.15) is 19.3 Å². The monoisotopic (exact) mass is 1450 g/mol. The molecule has 0 bridgehead atoms. The lowest BCUT2D eigenvalue weighted by Crippen LogP contribution is -2.30. The fraction of sp³-hybridized carbons (Fsp3) is 0.950. The Morgan fingerprint density at radius 3 is 0.596 bits per heavy atom. The minimum Gasteiger partial charge on any atom is -0.462 e. The van der Waals surface area contributed by atoms with Crippen LogP contribution in [-0.2, 0) is 65.4 Å². The largest absolute Gasteiger partial charge is 0.472 e. The van der Waals surface area contributed by atoms with E-state index in [1.165, 1.54) is 263 Å². The topological polar surface area (TPSA) is 237 Å². The number of rotatable bonds is 81. The second-order valence-electron chi connectivity index (χ2n) is 28.8. The predicted molar refractivity (Wildman–Crippen MR) is 405 cm³/mol. The molecule has 2 unspecified atom stereocenters. The number of unbranched alkanes of at least 4 members (excludes halogenated alkanes) is 55. The number of hydrogen-bond donors (Lipinski definition) is 3. The molecule has 0 heterocycles. The van der Waals surface area contributed by atoms with Gasteiger partial charge in [0.05, 0.1) is 26.4 Å². The van der Waals surface area contributed by atoms with Crippen LogP contribution in [0.15, 0.2) is 0 Å². The van der Waals surface area contributed by atoms with E-state index >= 15 is 0 Å². The van der Waals surface area contributed by atoms with Crippen LogP contribution < -0.4 is 0 Å². The van der Waals surface area contributed by atoms with Crippen molar-refractivity contribution in [2.45, 2.75) is 451 Å². The molecule has 0 aromatic heterocycles. The van der Waals surface area contributed by atoms with Crippen molar-refractivity contribution < 1.29 is 80.2 Å². The summed E-state index contributed by atoms with van der Waals surface area (Å²) < 4.78 is 68.7. The summed E-state index contributed by atoms with van der Waals surface area (Å²) in [6.07, 6.45) is 66.4. The van der Waals surface area contributed by atoms with Gasteiger partial charge in [-0.1, -0.05) is 381 Å². The Morgan fingerprint density at radius 2 is 0.404 bits per heavy atom. The summed E-state index contributed by atoms with van der Waals surface area (Å²) in [4.78, 5) is 73.0. The van der Waals surface area contributed by atoms with Crippen LogP contribution in [0.2, 0.25) is 0 Å². The Bertz CT molecular complexity index is 1880. The second-order valence-corrected chi connectivity index (χ2v) is 31.7. The number of carbonyl (C=O) groups is 4. The van der Waals surface area contributed by atoms with E-state index in [0.717, 1.165) is 89.9 Å². The number of esters is 4. The molecule has 0 rings (SSSR count). The summed E-state index contributed by atoms with van der Waals surface area (Å²) in [7, 11) is -9.92. The highest BCUT2D eigenvalue weighted by Crippen LogP contribution is 2.45. The number of ether oxygens (including phenoxy) is 4. The summed E-state index contributed by atoms with van der Waals surface area (Å²) in [5.41, 5.74) is 0. The van der Waals surface area contributed by atoms with Gasteiger partial charge in [-0.25, -0.2) is 9.13 Å². The molecule has 0 aromatic carbocycles. The third-order valence-corrected chi connectivity index (χ3v) is 20.8. The zero-order chi connectivity index (χ0) is 72.5. The molecule has 0 aromatic rings. The number of phosphoric ester groups is 2. The fourth-order valence-corrected chi connectivity index (χ4v) is 14.0. The van der Waals surface area contributed by atoms with Crippen LogP contribution in [0.5, 0.6) is 0 Å². The van der Waals surface area contributed by atoms with Gasteiger partial charge in [-0.05, 0) is 25.7 Å². The molecule has 0 fully saturated rings. The van der Waals surface area contributed by atoms with Gasteiger partial charge in [-0.2, -0.15) is 0 Å². The van der Waals surface area contributed by atoms with Crippen molar-refractivity contribution in [3.05, 3.63) is 0 Å². The molecule has 0 aliphatic rings. The number of carbonyl (C=O) groups excluding carboxylic acids is 4. The summed E-state index contributed by atoms with van der Waals surface area (Å²) in [6.45, 7) is 5.03. The van der Waals surface area contributed by atoms with Gasteiger partial charge < -0.3 is 33.8 Å². The SMILES string of the molecule is CCCCCCCCCCCCCCCCCCCCCCC(=O)O[C@H](COC(=O)CCCCCCCCCCCCCCC)COP(=O)(O)OC[C@@H](O)COP(=O)(O)OC[C@@H](COC(=O)CCCCCCCCCCCCCCC)OC(=O)CCCCCCCCCCCCCCC. The highest BCUT2D eigenvalue weighted by atomic mass is 31.2. The highest BCUT2D eigenvalue weighted by Gasteiger charge is 2.30. The lowest BCUT2D eigenvalue weighted by molar-refractivity contribution is -0.161. The molecule has 0 saturated carbocycles. The van der Waals surface area contributed by atoms with Crippen LogP contribution in [0, 0.1) is 0 Å². The number of hydrogen-bond acceptors (Lipinski definition) is 15. The molecular formula is C80H156O17P2. The third kappa shape index (κ3) is 74.1. The van der Waals surface area contributed by atoms with Crippen LogP contribution in [0.25, 0.3) is 0 Å². The maximum Gasteiger partial charge on any atom is 0.472 e. The molecule has 588 valence electrons. The van der Waals surface area contributed by atoms with E-state index in [2.05, 4.69) is 27.7 Å². The van der Waals surface area contributed by atoms with Gasteiger partial charge in [0, 0.05) is 25.7 Å². The van der Waals surface area contributed by atoms with E-state index in [-0.39, 0.29) is 25.7 Å². The van der Waals surface area contributed by atoms with Crippen molar-refractivity contribution in [1.29, 1.82) is 0 Å². The van der Waals surface area contributed by atoms with Crippen LogP contribution >= 0.6 is 15.6 Å². The molecule has 99 heavy (non-hydrogen) atoms. The second kappa shape index (κ2) is 74.3. The van der Waals surface area contributed by atoms with Crippen molar-refractivity contribution in [1.82, 2.24) is 0 Å². The van der Waals surface area contributed by atoms with Gasteiger partial charge in [-0.3, -0.25) is 37.3 Å². The lowest BCUT2D eigenvalue weighted by atomic mass is 10.0. The minimum absolute atomic E-state index is 0.109. The van der Waals surface area contributed by atoms with E-state index in [4.69, 9.17) is 37.0 Å². The molecule has 0 radical (unpaired) electrons. The molecule has 19 heteroatoms. The zero-order valence-electron chi connectivity index (χ0n) is 64.5. The van der Waals surface area contributed by atoms with Gasteiger partial charge in [0.2, 0.25) is 0 Å². The average Bonchev–Trinajstić information content (AvgIpc) is 0.998. The molecule has 3 N–H and O–H groups in total. The summed E-state index contributed by atoms with van der Waals surface area (Å²) >= 11 is 0. The Kier molecular flexibility index (Phi) is 72.9. The maximum absolute atomic E-state index is 13.1. The van der Waals surface area contributed by atoms with Crippen LogP contribution in [0.1, 0.15) is 432 Å². The van der Waals surface area contributed by atoms with Crippen molar-refractivity contribution >= 4 is 39.5 Å². The third-order valence-electron chi connectivity index (χ3n) is 18.9. The average molecular weight is 1450 g/mol. The van der Waals surface area contributed by atoms with E-state index in [9.17, 15) is 43.2 Å². The molecule has 0 aliphatic heterocycles. The first kappa shape index (κ1) is 97.1. The Labute approximate surface area is 607 Å². The van der Waals surface area contributed by atoms with Crippen LogP contribution in [0.3, 0.4) is 0 Å². The van der Waals surface area contributed by atoms with Crippen molar-refractivity contribution in [3.8, 4) is 0 Å². The first-order valence-corrected chi connectivity index (χ1v) is 44.8. The number of aliphatic hydroxyl groups excluding tert-OH is 1. The number of phosphoric acid groups is 2. The lowest BCUT2D eigenvalue weighted by Gasteiger charge is -2.21. The first-order valence-electron chi connectivity index (χ1n) is 41.8. The molecule has 0 spiro atoms. The predicted octanol–water partition coefficient (Wildman–Crippen LogP) is 24.2. The zero-order valence-corrected chi connectivity index (χ0v) is 66.3. The Morgan fingerprint density at radius 1 is 0.242 bits per heavy atom. The quantitative estimate of drug-likeness (QED) is 0.0222. The van der Waals surface area contributed by atoms with E-state index in [1.54, 1.807) is 0 Å². The van der Waals surface area contributed by atoms with E-state index < -0.39 is 97.5 Å². The maximum atomic E-state index is 13.1. The molecule has 5 atom stereocenters. The van der Waals surface area contributed by atoms with Gasteiger partial charge >= 0.3 is 39.5 Å². The molecular weight excluding hydrogens is 1290 g/mol. The summed E-state index contributed by atoms with van der Waals surface area (Å²) in [5.74, 6) is -2.10. The number of aliphatic hydroxyl groups is 1. The first-order chi connectivity index (χ1) is 48.2. The summed E-state index contributed by atoms with van der Waals surface area (Å²) in [5, 5.41) is 10.6. The van der Waals surface area contributed by atoms with Crippen molar-refractivity contribution in [3.63, 3.8) is 0 Å². The van der Waals surface area contributed by atoms with E-state index in [0.29, 0.717) is 25.7 Å². The van der Waals surface area contributed by atoms with Gasteiger partial charge in [0.15, 0.2) is 12.2 Å². The van der Waals surface area contributed by atoms with Gasteiger partial charge in [0.25, 0.3) is 0 Å². The standard InChI is InChI=1S/C80H156O17P2/c1-5-9-13-17-21-25-29-33-34-35-36-37-38-39-43-47-51-55-59-63-67-80(85)97-76(71-91-78(83)65-61-57-53-49-45-41-31-27-23-19-15-11-7-3)73-95-99(88,89)93-69-74(81)68-92-98(86,87)94-72-75(96-79(84)66-62-58-54-50-46-42-32-28-24-20-16-12-8-4)70-90-77(82)64-60-56-52-48-44-40-30-26-22-18-14-10-6-2/h74-76,81H,5-73H2,1-4H3,(H,86,87)(H,88,89)/t74-,75+,76+/m0/s1. The Hall–Kier alpha value is -1.94. The summed E-state index contributed by atoms with van der Waals surface area (Å²) in [6, 6.07) is 0. The molecule has 0 saturated heterocycles. The highest BCUT2D eigenvalue weighted by molar-refractivity contribution is 7.47. The van der Waals surface area contributed by atoms with Crippen molar-refractivity contribution in [2.24, 2.45) is 0 Å². The fourth-order valence-electron chi connectivity index (χ4n) is 12.5. The van der Waals surface area contributed by atoms with Crippen LogP contribution in [-0.4, -0.2) is 96.7 Å². The van der Waals surface area contributed by atoms with E-state index in [1.807, 2.05) is 0 Å². The molecule has 0 aliphatic carbocycles. The molecule has 17 nitrogen and oxygen atoms in total. The van der Waals surface area contributed by atoms with Crippen molar-refractivity contribution in [2.75, 3.05) is 39.6 Å². The van der Waals surface area contributed by atoms with Crippen LogP contribution in [0.4, 0.5) is 0 Å². The normalized spacial score (nSPS) is 13.8. The Balaban J connectivity index is 5.23. The van der Waals surface area contributed by atoms with Gasteiger partial charge in [-0.15, -0.1) is 0 Å².